The minimum atomic E-state index is -1.03. The lowest BCUT2D eigenvalue weighted by Crippen LogP contribution is -2.38. The molecule has 2 aromatic carbocycles. The largest absolute Gasteiger partial charge is 0.465 e. The monoisotopic (exact) mass is 327 g/mol. The zero-order valence-corrected chi connectivity index (χ0v) is 13.6. The first-order chi connectivity index (χ1) is 11.6. The Balaban J connectivity index is 1.90. The van der Waals surface area contributed by atoms with Crippen LogP contribution < -0.4 is 0 Å². The molecule has 0 aromatic heterocycles. The first-order valence-corrected chi connectivity index (χ1v) is 7.91. The molecule has 0 aliphatic carbocycles. The Morgan fingerprint density at radius 2 is 1.79 bits per heavy atom. The molecule has 2 N–H and O–H groups in total. The van der Waals surface area contributed by atoms with Crippen molar-refractivity contribution in [1.82, 2.24) is 4.90 Å². The molecule has 2 unspecified atom stereocenters. The zero-order chi connectivity index (χ0) is 17.2. The number of aliphatic hydroxyl groups excluding tert-OH is 1. The Morgan fingerprint density at radius 1 is 1.17 bits per heavy atom. The van der Waals surface area contributed by atoms with Crippen LogP contribution in [0.25, 0.3) is 11.1 Å². The SMILES string of the molecule is COC1(c2ccc(-c3ccccc3)cc2)CC(CO)N(C(=O)O)C1. The summed E-state index contributed by atoms with van der Waals surface area (Å²) in [6.45, 7) is 0.00819. The Kier molecular flexibility index (Phi) is 4.55. The van der Waals surface area contributed by atoms with Gasteiger partial charge in [-0.05, 0) is 16.7 Å². The molecule has 24 heavy (non-hydrogen) atoms. The van der Waals surface area contributed by atoms with Gasteiger partial charge in [0.05, 0.1) is 19.2 Å². The van der Waals surface area contributed by atoms with Gasteiger partial charge in [-0.3, -0.25) is 4.90 Å². The molecule has 2 atom stereocenters. The molecule has 0 saturated carbocycles. The third kappa shape index (κ3) is 2.88. The highest BCUT2D eigenvalue weighted by atomic mass is 16.5. The van der Waals surface area contributed by atoms with Gasteiger partial charge in [-0.25, -0.2) is 4.79 Å². The molecule has 1 fully saturated rings. The molecule has 1 aliphatic rings. The molecule has 2 aromatic rings. The summed E-state index contributed by atoms with van der Waals surface area (Å²) in [7, 11) is 1.59. The highest BCUT2D eigenvalue weighted by Gasteiger charge is 2.47. The Labute approximate surface area is 141 Å². The van der Waals surface area contributed by atoms with E-state index in [9.17, 15) is 15.0 Å². The molecule has 0 spiro atoms. The van der Waals surface area contributed by atoms with Crippen molar-refractivity contribution in [3.05, 3.63) is 60.2 Å². The molecular formula is C19H21NO4. The number of hydrogen-bond donors (Lipinski definition) is 2. The Bertz CT molecular complexity index is 701. The number of ether oxygens (including phenoxy) is 1. The number of aliphatic hydroxyl groups is 1. The summed E-state index contributed by atoms with van der Waals surface area (Å²) >= 11 is 0. The normalized spacial score (nSPS) is 23.4. The van der Waals surface area contributed by atoms with Gasteiger partial charge in [-0.15, -0.1) is 0 Å². The van der Waals surface area contributed by atoms with E-state index in [1.54, 1.807) is 7.11 Å². The lowest BCUT2D eigenvalue weighted by molar-refractivity contribution is -0.00549. The molecular weight excluding hydrogens is 306 g/mol. The summed E-state index contributed by atoms with van der Waals surface area (Å²) in [6.07, 6.45) is -0.592. The van der Waals surface area contributed by atoms with Gasteiger partial charge in [-0.2, -0.15) is 0 Å². The second kappa shape index (κ2) is 6.63. The van der Waals surface area contributed by atoms with Crippen LogP contribution in [-0.4, -0.2) is 47.5 Å². The smallest absolute Gasteiger partial charge is 0.407 e. The van der Waals surface area contributed by atoms with E-state index in [2.05, 4.69) is 0 Å². The zero-order valence-electron chi connectivity index (χ0n) is 13.6. The van der Waals surface area contributed by atoms with Gasteiger partial charge in [0.2, 0.25) is 0 Å². The van der Waals surface area contributed by atoms with E-state index < -0.39 is 17.7 Å². The number of rotatable bonds is 4. The van der Waals surface area contributed by atoms with E-state index in [4.69, 9.17) is 4.74 Å². The first-order valence-electron chi connectivity index (χ1n) is 7.91. The predicted molar refractivity (Wildman–Crippen MR) is 90.8 cm³/mol. The van der Waals surface area contributed by atoms with E-state index in [-0.39, 0.29) is 13.2 Å². The maximum Gasteiger partial charge on any atom is 0.407 e. The van der Waals surface area contributed by atoms with Crippen LogP contribution in [0.5, 0.6) is 0 Å². The Morgan fingerprint density at radius 3 is 2.29 bits per heavy atom. The number of carbonyl (C=O) groups is 1. The van der Waals surface area contributed by atoms with Crippen molar-refractivity contribution in [3.63, 3.8) is 0 Å². The van der Waals surface area contributed by atoms with Crippen molar-refractivity contribution in [1.29, 1.82) is 0 Å². The lowest BCUT2D eigenvalue weighted by atomic mass is 9.89. The van der Waals surface area contributed by atoms with Crippen LogP contribution in [0.2, 0.25) is 0 Å². The van der Waals surface area contributed by atoms with Gasteiger partial charge in [-0.1, -0.05) is 54.6 Å². The maximum atomic E-state index is 11.4. The number of carboxylic acid groups (broad SMARTS) is 1. The van der Waals surface area contributed by atoms with Crippen molar-refractivity contribution in [2.24, 2.45) is 0 Å². The van der Waals surface area contributed by atoms with E-state index in [1.807, 2.05) is 54.6 Å². The topological polar surface area (TPSA) is 70.0 Å². The summed E-state index contributed by atoms with van der Waals surface area (Å²) in [6, 6.07) is 17.6. The third-order valence-electron chi connectivity index (χ3n) is 4.80. The fourth-order valence-electron chi connectivity index (χ4n) is 3.42. The fourth-order valence-corrected chi connectivity index (χ4v) is 3.42. The Hall–Kier alpha value is -2.37. The molecule has 1 amide bonds. The number of hydrogen-bond acceptors (Lipinski definition) is 3. The number of amides is 1. The van der Waals surface area contributed by atoms with Crippen molar-refractivity contribution < 1.29 is 19.7 Å². The third-order valence-corrected chi connectivity index (χ3v) is 4.80. The average molecular weight is 327 g/mol. The van der Waals surface area contributed by atoms with Crippen LogP contribution in [0.1, 0.15) is 12.0 Å². The lowest BCUT2D eigenvalue weighted by Gasteiger charge is -2.28. The number of methoxy groups -OCH3 is 1. The summed E-state index contributed by atoms with van der Waals surface area (Å²) < 4.78 is 5.73. The number of benzene rings is 2. The van der Waals surface area contributed by atoms with Gasteiger partial charge >= 0.3 is 6.09 Å². The average Bonchev–Trinajstić information content (AvgIpc) is 3.03. The minimum absolute atomic E-state index is 0.209. The summed E-state index contributed by atoms with van der Waals surface area (Å²) in [4.78, 5) is 12.7. The highest BCUT2D eigenvalue weighted by Crippen LogP contribution is 2.39. The van der Waals surface area contributed by atoms with Gasteiger partial charge in [0, 0.05) is 13.5 Å². The molecule has 0 radical (unpaired) electrons. The van der Waals surface area contributed by atoms with Crippen molar-refractivity contribution in [2.45, 2.75) is 18.1 Å². The van der Waals surface area contributed by atoms with Crippen molar-refractivity contribution >= 4 is 6.09 Å². The molecule has 126 valence electrons. The van der Waals surface area contributed by atoms with Crippen LogP contribution in [0, 0.1) is 0 Å². The summed E-state index contributed by atoms with van der Waals surface area (Å²) in [5.41, 5.74) is 2.42. The van der Waals surface area contributed by atoms with E-state index in [0.717, 1.165) is 16.7 Å². The van der Waals surface area contributed by atoms with Crippen LogP contribution in [0.15, 0.2) is 54.6 Å². The minimum Gasteiger partial charge on any atom is -0.465 e. The fraction of sp³-hybridized carbons (Fsp3) is 0.316. The standard InChI is InChI=1S/C19H21NO4/c1-24-19(11-17(12-21)20(13-19)18(22)23)16-9-7-15(8-10-16)14-5-3-2-4-6-14/h2-10,17,21H,11-13H2,1H3,(H,22,23). The van der Waals surface area contributed by atoms with Gasteiger partial charge in [0.15, 0.2) is 0 Å². The van der Waals surface area contributed by atoms with Crippen molar-refractivity contribution in [3.8, 4) is 11.1 Å². The van der Waals surface area contributed by atoms with Gasteiger partial charge in [0.1, 0.15) is 5.60 Å². The van der Waals surface area contributed by atoms with E-state index in [1.165, 1.54) is 4.90 Å². The number of likely N-dealkylation sites (tertiary alicyclic amines) is 1. The van der Waals surface area contributed by atoms with Crippen LogP contribution >= 0.6 is 0 Å². The number of nitrogens with zero attached hydrogens (tertiary/aromatic N) is 1. The van der Waals surface area contributed by atoms with E-state index >= 15 is 0 Å². The first kappa shape index (κ1) is 16.5. The molecule has 3 rings (SSSR count). The van der Waals surface area contributed by atoms with Crippen LogP contribution in [0.3, 0.4) is 0 Å². The summed E-state index contributed by atoms with van der Waals surface area (Å²) in [5, 5.41) is 18.8. The molecule has 1 heterocycles. The van der Waals surface area contributed by atoms with Crippen molar-refractivity contribution in [2.75, 3.05) is 20.3 Å². The molecule has 5 nitrogen and oxygen atoms in total. The quantitative estimate of drug-likeness (QED) is 0.906. The van der Waals surface area contributed by atoms with E-state index in [0.29, 0.717) is 6.42 Å². The van der Waals surface area contributed by atoms with Gasteiger partial charge in [0.25, 0.3) is 0 Å². The molecule has 1 saturated heterocycles. The predicted octanol–water partition coefficient (Wildman–Crippen LogP) is 2.94. The molecule has 5 heteroatoms. The van der Waals surface area contributed by atoms with Crippen LogP contribution in [-0.2, 0) is 10.3 Å². The molecule has 0 bridgehead atoms. The maximum absolute atomic E-state index is 11.4. The van der Waals surface area contributed by atoms with Gasteiger partial charge < -0.3 is 14.9 Å². The molecule has 1 aliphatic heterocycles. The second-order valence-electron chi connectivity index (χ2n) is 6.09. The second-order valence-corrected chi connectivity index (χ2v) is 6.09. The summed E-state index contributed by atoms with van der Waals surface area (Å²) in [5.74, 6) is 0. The highest BCUT2D eigenvalue weighted by molar-refractivity contribution is 5.67. The van der Waals surface area contributed by atoms with Crippen LogP contribution in [0.4, 0.5) is 4.79 Å².